The van der Waals surface area contributed by atoms with Crippen molar-refractivity contribution in [3.05, 3.63) is 52.8 Å². The summed E-state index contributed by atoms with van der Waals surface area (Å²) in [7, 11) is 0. The number of benzene rings is 1. The number of carbonyl (C=O) groups is 1. The van der Waals surface area contributed by atoms with Crippen molar-refractivity contribution in [1.82, 2.24) is 10.2 Å². The number of nitrogens with zero attached hydrogens (tertiary/aromatic N) is 3. The molecule has 2 rings (SSSR count). The monoisotopic (exact) mass is 266 g/mol. The van der Waals surface area contributed by atoms with E-state index >= 15 is 0 Å². The van der Waals surface area contributed by atoms with E-state index < -0.39 is 0 Å². The first-order valence-electron chi connectivity index (χ1n) is 6.18. The van der Waals surface area contributed by atoms with Gasteiger partial charge in [-0.15, -0.1) is 0 Å². The number of anilines is 1. The van der Waals surface area contributed by atoms with Gasteiger partial charge < -0.3 is 5.32 Å². The van der Waals surface area contributed by atoms with Crippen LogP contribution in [0.5, 0.6) is 0 Å². The van der Waals surface area contributed by atoms with Gasteiger partial charge in [-0.3, -0.25) is 4.79 Å². The van der Waals surface area contributed by atoms with Crippen molar-refractivity contribution in [2.24, 2.45) is 0 Å². The Morgan fingerprint density at radius 3 is 2.60 bits per heavy atom. The highest BCUT2D eigenvalue weighted by Gasteiger charge is 2.11. The van der Waals surface area contributed by atoms with Crippen LogP contribution in [0, 0.1) is 25.2 Å². The lowest BCUT2D eigenvalue weighted by Gasteiger charge is -2.07. The van der Waals surface area contributed by atoms with Crippen LogP contribution in [0.2, 0.25) is 0 Å². The lowest BCUT2D eigenvalue weighted by molar-refractivity contribution is 0.102. The molecule has 0 atom stereocenters. The molecule has 1 aromatic carbocycles. The molecule has 0 bridgehead atoms. The standard InChI is InChI=1S/C15H14N4O/c1-10-9-14(11(2)19-18-10)15(20)17-13-5-3-12(4-6-13)7-8-16/h3-6,9H,7H2,1-2H3,(H,17,20). The Morgan fingerprint density at radius 1 is 1.25 bits per heavy atom. The van der Waals surface area contributed by atoms with E-state index in [1.807, 2.05) is 12.1 Å². The average molecular weight is 266 g/mol. The van der Waals surface area contributed by atoms with Gasteiger partial charge in [-0.05, 0) is 37.6 Å². The maximum absolute atomic E-state index is 12.2. The first-order chi connectivity index (χ1) is 9.60. The Kier molecular flexibility index (Phi) is 4.06. The van der Waals surface area contributed by atoms with Crippen molar-refractivity contribution >= 4 is 11.6 Å². The third-order valence-corrected chi connectivity index (χ3v) is 2.84. The number of aryl methyl sites for hydroxylation is 2. The smallest absolute Gasteiger partial charge is 0.257 e. The van der Waals surface area contributed by atoms with Crippen molar-refractivity contribution in [2.45, 2.75) is 20.3 Å². The molecule has 0 fully saturated rings. The molecule has 100 valence electrons. The van der Waals surface area contributed by atoms with Gasteiger partial charge in [0.2, 0.25) is 0 Å². The van der Waals surface area contributed by atoms with Gasteiger partial charge in [0, 0.05) is 5.69 Å². The van der Waals surface area contributed by atoms with Crippen LogP contribution in [0.25, 0.3) is 0 Å². The molecule has 0 radical (unpaired) electrons. The molecule has 20 heavy (non-hydrogen) atoms. The zero-order valence-electron chi connectivity index (χ0n) is 11.3. The summed E-state index contributed by atoms with van der Waals surface area (Å²) in [6, 6.07) is 11.0. The van der Waals surface area contributed by atoms with Crippen molar-refractivity contribution in [2.75, 3.05) is 5.32 Å². The van der Waals surface area contributed by atoms with E-state index in [1.165, 1.54) is 0 Å². The fourth-order valence-corrected chi connectivity index (χ4v) is 1.78. The predicted octanol–water partition coefficient (Wildman–Crippen LogP) is 2.41. The Hall–Kier alpha value is -2.74. The summed E-state index contributed by atoms with van der Waals surface area (Å²) in [6.07, 6.45) is 0.362. The third kappa shape index (κ3) is 3.18. The van der Waals surface area contributed by atoms with Gasteiger partial charge in [-0.1, -0.05) is 12.1 Å². The Balaban J connectivity index is 2.15. The van der Waals surface area contributed by atoms with Crippen molar-refractivity contribution < 1.29 is 4.79 Å². The number of nitrogens with one attached hydrogen (secondary N) is 1. The summed E-state index contributed by atoms with van der Waals surface area (Å²) in [5, 5.41) is 19.2. The van der Waals surface area contributed by atoms with Gasteiger partial charge in [-0.25, -0.2) is 0 Å². The van der Waals surface area contributed by atoms with Crippen molar-refractivity contribution in [3.8, 4) is 6.07 Å². The molecule has 1 N–H and O–H groups in total. The minimum atomic E-state index is -0.214. The molecule has 5 heteroatoms. The molecule has 1 aromatic heterocycles. The van der Waals surface area contributed by atoms with Crippen LogP contribution in [-0.2, 0) is 6.42 Å². The molecule has 1 amide bonds. The predicted molar refractivity (Wildman–Crippen MR) is 75.2 cm³/mol. The number of aromatic nitrogens is 2. The molecule has 0 saturated heterocycles. The quantitative estimate of drug-likeness (QED) is 0.925. The molecular formula is C15H14N4O. The molecule has 2 aromatic rings. The molecule has 0 unspecified atom stereocenters. The van der Waals surface area contributed by atoms with Crippen LogP contribution in [0.4, 0.5) is 5.69 Å². The topological polar surface area (TPSA) is 78.7 Å². The number of hydrogen-bond donors (Lipinski definition) is 1. The zero-order chi connectivity index (χ0) is 14.5. The van der Waals surface area contributed by atoms with E-state index in [0.717, 1.165) is 5.56 Å². The minimum Gasteiger partial charge on any atom is -0.322 e. The molecule has 5 nitrogen and oxygen atoms in total. The highest BCUT2D eigenvalue weighted by molar-refractivity contribution is 6.05. The summed E-state index contributed by atoms with van der Waals surface area (Å²) >= 11 is 0. The molecule has 0 aliphatic rings. The summed E-state index contributed by atoms with van der Waals surface area (Å²) in [6.45, 7) is 3.54. The number of carbonyl (C=O) groups excluding carboxylic acids is 1. The molecule has 0 spiro atoms. The minimum absolute atomic E-state index is 0.214. The molecule has 0 aliphatic heterocycles. The van der Waals surface area contributed by atoms with Gasteiger partial charge in [0.15, 0.2) is 0 Å². The number of amides is 1. The van der Waals surface area contributed by atoms with Crippen LogP contribution in [0.15, 0.2) is 30.3 Å². The number of rotatable bonds is 3. The van der Waals surface area contributed by atoms with E-state index in [-0.39, 0.29) is 5.91 Å². The lowest BCUT2D eigenvalue weighted by atomic mass is 10.1. The maximum atomic E-state index is 12.2. The summed E-state index contributed by atoms with van der Waals surface area (Å²) in [5.41, 5.74) is 3.41. The number of nitriles is 1. The fraction of sp³-hybridized carbons (Fsp3) is 0.200. The molecule has 0 aliphatic carbocycles. The van der Waals surface area contributed by atoms with Crippen LogP contribution < -0.4 is 5.32 Å². The highest BCUT2D eigenvalue weighted by atomic mass is 16.1. The second-order valence-electron chi connectivity index (χ2n) is 4.47. The first kappa shape index (κ1) is 13.7. The van der Waals surface area contributed by atoms with E-state index in [0.29, 0.717) is 29.1 Å². The molecule has 1 heterocycles. The van der Waals surface area contributed by atoms with Gasteiger partial charge >= 0.3 is 0 Å². The maximum Gasteiger partial charge on any atom is 0.257 e. The largest absolute Gasteiger partial charge is 0.322 e. The second-order valence-corrected chi connectivity index (χ2v) is 4.47. The third-order valence-electron chi connectivity index (χ3n) is 2.84. The normalized spacial score (nSPS) is 9.85. The number of hydrogen-bond acceptors (Lipinski definition) is 4. The van der Waals surface area contributed by atoms with E-state index in [2.05, 4.69) is 21.6 Å². The Labute approximate surface area is 117 Å². The highest BCUT2D eigenvalue weighted by Crippen LogP contribution is 2.13. The van der Waals surface area contributed by atoms with Crippen molar-refractivity contribution in [3.63, 3.8) is 0 Å². The SMILES string of the molecule is Cc1cc(C(=O)Nc2ccc(CC#N)cc2)c(C)nn1. The van der Waals surface area contributed by atoms with Gasteiger partial charge in [-0.2, -0.15) is 15.5 Å². The summed E-state index contributed by atoms with van der Waals surface area (Å²) in [4.78, 5) is 12.2. The first-order valence-corrected chi connectivity index (χ1v) is 6.18. The Bertz CT molecular complexity index is 671. The lowest BCUT2D eigenvalue weighted by Crippen LogP contribution is -2.15. The molecule has 0 saturated carbocycles. The molecular weight excluding hydrogens is 252 g/mol. The summed E-state index contributed by atoms with van der Waals surface area (Å²) in [5.74, 6) is -0.214. The van der Waals surface area contributed by atoms with Crippen LogP contribution in [-0.4, -0.2) is 16.1 Å². The van der Waals surface area contributed by atoms with E-state index in [9.17, 15) is 4.79 Å². The van der Waals surface area contributed by atoms with E-state index in [4.69, 9.17) is 5.26 Å². The van der Waals surface area contributed by atoms with Gasteiger partial charge in [0.25, 0.3) is 5.91 Å². The zero-order valence-corrected chi connectivity index (χ0v) is 11.3. The van der Waals surface area contributed by atoms with Crippen LogP contribution in [0.1, 0.15) is 27.3 Å². The Morgan fingerprint density at radius 2 is 1.95 bits per heavy atom. The van der Waals surface area contributed by atoms with Gasteiger partial charge in [0.05, 0.1) is 29.4 Å². The second kappa shape index (κ2) is 5.93. The van der Waals surface area contributed by atoms with Gasteiger partial charge in [0.1, 0.15) is 0 Å². The van der Waals surface area contributed by atoms with Crippen LogP contribution >= 0.6 is 0 Å². The van der Waals surface area contributed by atoms with Crippen LogP contribution in [0.3, 0.4) is 0 Å². The summed E-state index contributed by atoms with van der Waals surface area (Å²) < 4.78 is 0. The van der Waals surface area contributed by atoms with E-state index in [1.54, 1.807) is 32.0 Å². The fourth-order valence-electron chi connectivity index (χ4n) is 1.78. The van der Waals surface area contributed by atoms with Crippen molar-refractivity contribution in [1.29, 1.82) is 5.26 Å². The average Bonchev–Trinajstić information content (AvgIpc) is 2.44.